The van der Waals surface area contributed by atoms with Crippen molar-refractivity contribution in [1.29, 1.82) is 0 Å². The van der Waals surface area contributed by atoms with Gasteiger partial charge in [0.25, 0.3) is 11.5 Å². The minimum atomic E-state index is -1.85. The Hall–Kier alpha value is -1.51. The third-order valence-electron chi connectivity index (χ3n) is 5.74. The highest BCUT2D eigenvalue weighted by Crippen LogP contribution is 2.35. The van der Waals surface area contributed by atoms with Crippen LogP contribution in [0.3, 0.4) is 0 Å². The van der Waals surface area contributed by atoms with Gasteiger partial charge in [0, 0.05) is 47.9 Å². The van der Waals surface area contributed by atoms with Crippen molar-refractivity contribution in [3.63, 3.8) is 0 Å². The number of alkyl halides is 3. The molecule has 2 aromatic rings. The fraction of sp³-hybridized carbons (Fsp3) is 0.381. The molecule has 4 rings (SSSR count). The molecule has 0 radical (unpaired) electrons. The molecular formula is C21H20Cl4N4O2S. The van der Waals surface area contributed by atoms with Gasteiger partial charge in [-0.2, -0.15) is 0 Å². The summed E-state index contributed by atoms with van der Waals surface area (Å²) in [6, 6.07) is 11.7. The zero-order valence-electron chi connectivity index (χ0n) is 16.7. The second kappa shape index (κ2) is 9.39. The highest BCUT2D eigenvalue weighted by molar-refractivity contribution is 7.80. The number of nitrogens with one attached hydrogen (secondary N) is 2. The number of amides is 1. The lowest BCUT2D eigenvalue weighted by Crippen LogP contribution is -2.60. The van der Waals surface area contributed by atoms with Crippen molar-refractivity contribution in [3.05, 3.63) is 69.1 Å². The number of benzene rings is 1. The molecule has 1 amide bonds. The lowest BCUT2D eigenvalue weighted by Gasteiger charge is -2.44. The predicted molar refractivity (Wildman–Crippen MR) is 132 cm³/mol. The Labute approximate surface area is 210 Å². The van der Waals surface area contributed by atoms with Crippen molar-refractivity contribution >= 4 is 69.6 Å². The summed E-state index contributed by atoms with van der Waals surface area (Å²) in [5, 5.41) is 6.57. The molecular weight excluding hydrogens is 514 g/mol. The maximum atomic E-state index is 12.6. The van der Waals surface area contributed by atoms with Crippen LogP contribution in [-0.4, -0.2) is 43.5 Å². The summed E-state index contributed by atoms with van der Waals surface area (Å²) in [6.07, 6.45) is -0.0659. The molecule has 0 saturated carbocycles. The molecule has 170 valence electrons. The number of nitrogens with zero attached hydrogens (tertiary/aromatic N) is 2. The maximum Gasteiger partial charge on any atom is 0.252 e. The van der Waals surface area contributed by atoms with Crippen LogP contribution in [-0.2, 0) is 6.54 Å². The molecule has 3 atom stereocenters. The van der Waals surface area contributed by atoms with Crippen molar-refractivity contribution in [3.8, 4) is 0 Å². The Morgan fingerprint density at radius 2 is 1.78 bits per heavy atom. The van der Waals surface area contributed by atoms with Crippen LogP contribution >= 0.6 is 58.6 Å². The minimum Gasteiger partial charge on any atom is -0.348 e. The van der Waals surface area contributed by atoms with Crippen LogP contribution in [0.1, 0.15) is 28.4 Å². The number of aromatic nitrogens is 1. The highest BCUT2D eigenvalue weighted by Gasteiger charge is 2.39. The summed E-state index contributed by atoms with van der Waals surface area (Å²) in [6.45, 7) is 1.94. The van der Waals surface area contributed by atoms with Crippen molar-refractivity contribution in [2.75, 3.05) is 13.1 Å². The van der Waals surface area contributed by atoms with Gasteiger partial charge in [-0.1, -0.05) is 52.5 Å². The number of piperidine rings is 1. The number of rotatable bonds is 3. The van der Waals surface area contributed by atoms with Crippen molar-refractivity contribution in [1.82, 2.24) is 20.1 Å². The molecule has 11 heteroatoms. The van der Waals surface area contributed by atoms with Crippen LogP contribution in [0.25, 0.3) is 0 Å². The van der Waals surface area contributed by atoms with Gasteiger partial charge in [0.1, 0.15) is 6.17 Å². The maximum absolute atomic E-state index is 12.6. The topological polar surface area (TPSA) is 66.4 Å². The largest absolute Gasteiger partial charge is 0.348 e. The fourth-order valence-corrected chi connectivity index (χ4v) is 5.01. The molecule has 2 N–H and O–H groups in total. The summed E-state index contributed by atoms with van der Waals surface area (Å²) >= 11 is 29.9. The van der Waals surface area contributed by atoms with E-state index in [4.69, 9.17) is 58.6 Å². The number of hydrogen-bond acceptors (Lipinski definition) is 3. The van der Waals surface area contributed by atoms with Gasteiger partial charge < -0.3 is 20.1 Å². The molecule has 32 heavy (non-hydrogen) atoms. The average molecular weight is 534 g/mol. The number of halogens is 4. The van der Waals surface area contributed by atoms with Crippen LogP contribution in [0.2, 0.25) is 5.02 Å². The van der Waals surface area contributed by atoms with E-state index >= 15 is 0 Å². The minimum absolute atomic E-state index is 0.0209. The Balaban J connectivity index is 1.47. The summed E-state index contributed by atoms with van der Waals surface area (Å²) < 4.78 is 0.000814. The van der Waals surface area contributed by atoms with E-state index in [1.165, 1.54) is 0 Å². The number of fused-ring (bicyclic) bond motifs is 4. The first-order chi connectivity index (χ1) is 15.1. The van der Waals surface area contributed by atoms with Gasteiger partial charge in [0.05, 0.1) is 0 Å². The van der Waals surface area contributed by atoms with E-state index in [2.05, 4.69) is 10.6 Å². The third kappa shape index (κ3) is 5.18. The first-order valence-electron chi connectivity index (χ1n) is 10.00. The molecule has 0 unspecified atom stereocenters. The number of carbonyl (C=O) groups excluding carboxylic acids is 1. The summed E-state index contributed by atoms with van der Waals surface area (Å²) in [7, 11) is 0. The SMILES string of the molecule is O=C(N[C@@H](NC(=S)N1C[C@@H]2C[C@H](C1)c1cccc(=O)n1C2)C(Cl)(Cl)Cl)c1ccc(Cl)cc1. The van der Waals surface area contributed by atoms with E-state index in [9.17, 15) is 9.59 Å². The zero-order valence-corrected chi connectivity index (χ0v) is 20.6. The first kappa shape index (κ1) is 23.6. The van der Waals surface area contributed by atoms with E-state index in [1.807, 2.05) is 15.5 Å². The molecule has 1 fully saturated rings. The molecule has 1 saturated heterocycles. The Kier molecular flexibility index (Phi) is 6.94. The fourth-order valence-electron chi connectivity index (χ4n) is 4.29. The van der Waals surface area contributed by atoms with Gasteiger partial charge in [0.2, 0.25) is 3.79 Å². The lowest BCUT2D eigenvalue weighted by molar-refractivity contribution is 0.0933. The second-order valence-corrected chi connectivity index (χ2v) is 11.2. The molecule has 0 aliphatic carbocycles. The third-order valence-corrected chi connectivity index (χ3v) is 7.03. The quantitative estimate of drug-likeness (QED) is 0.355. The highest BCUT2D eigenvalue weighted by atomic mass is 35.6. The number of thiocarbonyl (C=S) groups is 1. The Bertz CT molecular complexity index is 1090. The molecule has 1 aromatic carbocycles. The van der Waals surface area contributed by atoms with Crippen LogP contribution < -0.4 is 16.2 Å². The normalized spacial score (nSPS) is 20.8. The molecule has 0 spiro atoms. The summed E-state index contributed by atoms with van der Waals surface area (Å²) in [4.78, 5) is 26.9. The molecule has 6 nitrogen and oxygen atoms in total. The predicted octanol–water partition coefficient (Wildman–Crippen LogP) is 3.92. The number of pyridine rings is 1. The Morgan fingerprint density at radius 3 is 2.47 bits per heavy atom. The number of likely N-dealkylation sites (tertiary alicyclic amines) is 1. The number of hydrogen-bond donors (Lipinski definition) is 2. The smallest absolute Gasteiger partial charge is 0.252 e. The van der Waals surface area contributed by atoms with Crippen LogP contribution in [0, 0.1) is 5.92 Å². The van der Waals surface area contributed by atoms with Crippen molar-refractivity contribution in [2.24, 2.45) is 5.92 Å². The molecule has 2 bridgehead atoms. The molecule has 2 aliphatic heterocycles. The van der Waals surface area contributed by atoms with E-state index < -0.39 is 15.9 Å². The second-order valence-electron chi connectivity index (χ2n) is 8.01. The van der Waals surface area contributed by atoms with Crippen LogP contribution in [0.4, 0.5) is 0 Å². The molecule has 3 heterocycles. The van der Waals surface area contributed by atoms with Crippen molar-refractivity contribution < 1.29 is 4.79 Å². The zero-order chi connectivity index (χ0) is 23.0. The van der Waals surface area contributed by atoms with Gasteiger partial charge in [0.15, 0.2) is 5.11 Å². The Morgan fingerprint density at radius 1 is 1.06 bits per heavy atom. The van der Waals surface area contributed by atoms with E-state index in [0.717, 1.165) is 12.1 Å². The van der Waals surface area contributed by atoms with E-state index in [1.54, 1.807) is 36.4 Å². The molecule has 1 aromatic heterocycles. The van der Waals surface area contributed by atoms with E-state index in [0.29, 0.717) is 35.3 Å². The summed E-state index contributed by atoms with van der Waals surface area (Å²) in [5.41, 5.74) is 1.40. The van der Waals surface area contributed by atoms with Crippen LogP contribution in [0.15, 0.2) is 47.3 Å². The van der Waals surface area contributed by atoms with Gasteiger partial charge in [-0.25, -0.2) is 0 Å². The average Bonchev–Trinajstić information content (AvgIpc) is 2.73. The number of carbonyl (C=O) groups is 1. The first-order valence-corrected chi connectivity index (χ1v) is 11.9. The lowest BCUT2D eigenvalue weighted by atomic mass is 9.83. The van der Waals surface area contributed by atoms with E-state index in [-0.39, 0.29) is 17.4 Å². The van der Waals surface area contributed by atoms with Crippen molar-refractivity contribution in [2.45, 2.75) is 28.8 Å². The standard InChI is InChI=1S/C21H20Cl4N4O2S/c22-15-6-4-13(5-7-15)18(31)26-19(21(23,24)25)27-20(32)28-9-12-8-14(11-28)16-2-1-3-17(30)29(16)10-12/h1-7,12,14,19H,8-11H2,(H,26,31)(H,27,32)/t12-,14+,19-/m0/s1. The van der Waals surface area contributed by atoms with Gasteiger partial charge >= 0.3 is 0 Å². The van der Waals surface area contributed by atoms with Crippen LogP contribution in [0.5, 0.6) is 0 Å². The van der Waals surface area contributed by atoms with Gasteiger partial charge in [-0.15, -0.1) is 0 Å². The summed E-state index contributed by atoms with van der Waals surface area (Å²) in [5.74, 6) is 0.0131. The van der Waals surface area contributed by atoms with Gasteiger partial charge in [-0.3, -0.25) is 9.59 Å². The molecule has 2 aliphatic rings. The van der Waals surface area contributed by atoms with Gasteiger partial charge in [-0.05, 0) is 54.9 Å². The monoisotopic (exact) mass is 532 g/mol.